The van der Waals surface area contributed by atoms with E-state index < -0.39 is 17.8 Å². The Balaban J connectivity index is 1.18. The van der Waals surface area contributed by atoms with Gasteiger partial charge in [-0.3, -0.25) is 19.2 Å². The molecule has 45 heavy (non-hydrogen) atoms. The van der Waals surface area contributed by atoms with Crippen LogP contribution in [0.4, 0.5) is 30.4 Å². The summed E-state index contributed by atoms with van der Waals surface area (Å²) in [5.41, 5.74) is 1.89. The summed E-state index contributed by atoms with van der Waals surface area (Å²) in [6.07, 6.45) is 0.787. The molecule has 1 aliphatic heterocycles. The van der Waals surface area contributed by atoms with E-state index >= 15 is 0 Å². The summed E-state index contributed by atoms with van der Waals surface area (Å²) in [6.45, 7) is 1.52. The van der Waals surface area contributed by atoms with Crippen molar-refractivity contribution < 1.29 is 27.5 Å². The zero-order valence-corrected chi connectivity index (χ0v) is 24.4. The molecule has 1 aliphatic carbocycles. The minimum atomic E-state index is -4.48. The summed E-state index contributed by atoms with van der Waals surface area (Å²) in [4.78, 5) is 30.6. The fraction of sp³-hybridized carbons (Fsp3) is 0.333. The van der Waals surface area contributed by atoms with Crippen LogP contribution in [0.3, 0.4) is 0 Å². The Morgan fingerprint density at radius 2 is 1.84 bits per heavy atom. The largest absolute Gasteiger partial charge is 0.494 e. The molecule has 1 saturated carbocycles. The number of ether oxygens (including phenoxy) is 1. The molecule has 2 amide bonds. The summed E-state index contributed by atoms with van der Waals surface area (Å²) in [6, 6.07) is 11.0. The molecule has 3 N–H and O–H groups in total. The number of benzene rings is 1. The average Bonchev–Trinajstić information content (AvgIpc) is 3.75. The molecule has 0 radical (unpaired) electrons. The van der Waals surface area contributed by atoms with Crippen molar-refractivity contribution in [3.05, 3.63) is 71.9 Å². The second kappa shape index (κ2) is 12.1. The number of hydrogen-bond donors (Lipinski definition) is 3. The third-order valence-corrected chi connectivity index (χ3v) is 7.63. The smallest absolute Gasteiger partial charge is 0.433 e. The maximum Gasteiger partial charge on any atom is 0.433 e. The lowest BCUT2D eigenvalue weighted by atomic mass is 10.1. The predicted octanol–water partition coefficient (Wildman–Crippen LogP) is 4.27. The molecular weight excluding hydrogens is 591 g/mol. The number of alkyl halides is 3. The van der Waals surface area contributed by atoms with Gasteiger partial charge in [0.25, 0.3) is 5.91 Å². The Hall–Kier alpha value is -5.05. The van der Waals surface area contributed by atoms with Gasteiger partial charge in [0.05, 0.1) is 36.4 Å². The van der Waals surface area contributed by atoms with E-state index in [-0.39, 0.29) is 29.4 Å². The highest BCUT2D eigenvalue weighted by Gasteiger charge is 2.34. The number of anilines is 3. The third-order valence-electron chi connectivity index (χ3n) is 7.63. The number of hydrogen-bond acceptors (Lipinski definition) is 9. The Morgan fingerprint density at radius 1 is 1.07 bits per heavy atom. The molecular formula is C30H30F3N9O3. The van der Waals surface area contributed by atoms with Crippen molar-refractivity contribution >= 4 is 29.0 Å². The van der Waals surface area contributed by atoms with Gasteiger partial charge in [0.15, 0.2) is 11.5 Å². The number of para-hydroxylation sites is 1. The summed E-state index contributed by atoms with van der Waals surface area (Å²) >= 11 is 0. The normalized spacial score (nSPS) is 15.3. The zero-order chi connectivity index (χ0) is 31.7. The van der Waals surface area contributed by atoms with Crippen LogP contribution < -0.4 is 20.7 Å². The second-order valence-electron chi connectivity index (χ2n) is 10.9. The van der Waals surface area contributed by atoms with E-state index in [1.165, 1.54) is 20.2 Å². The maximum atomic E-state index is 13.0. The Labute approximate surface area is 256 Å². The number of nitrogens with zero attached hydrogens (tertiary/aromatic N) is 6. The van der Waals surface area contributed by atoms with Crippen molar-refractivity contribution in [1.29, 1.82) is 0 Å². The van der Waals surface area contributed by atoms with Gasteiger partial charge in [0.1, 0.15) is 11.4 Å². The molecule has 1 aromatic carbocycles. The highest BCUT2D eigenvalue weighted by molar-refractivity contribution is 6.00. The first-order valence-electron chi connectivity index (χ1n) is 14.3. The van der Waals surface area contributed by atoms with Crippen LogP contribution >= 0.6 is 0 Å². The maximum absolute atomic E-state index is 13.0. The third kappa shape index (κ3) is 6.57. The van der Waals surface area contributed by atoms with E-state index in [1.54, 1.807) is 24.4 Å². The molecule has 12 nitrogen and oxygen atoms in total. The molecule has 4 heterocycles. The summed E-state index contributed by atoms with van der Waals surface area (Å²) in [7, 11) is 3.02. The molecule has 2 fully saturated rings. The van der Waals surface area contributed by atoms with Crippen molar-refractivity contribution in [2.45, 2.75) is 31.6 Å². The molecule has 4 aromatic rings. The van der Waals surface area contributed by atoms with Crippen LogP contribution in [0.15, 0.2) is 54.9 Å². The highest BCUT2D eigenvalue weighted by atomic mass is 19.4. The van der Waals surface area contributed by atoms with E-state index in [1.807, 2.05) is 27.9 Å². The van der Waals surface area contributed by atoms with Gasteiger partial charge in [-0.05, 0) is 31.0 Å². The lowest BCUT2D eigenvalue weighted by Gasteiger charge is -2.39. The Bertz CT molecular complexity index is 1730. The fourth-order valence-corrected chi connectivity index (χ4v) is 5.11. The number of methoxy groups -OCH3 is 1. The molecule has 0 spiro atoms. The second-order valence-corrected chi connectivity index (χ2v) is 10.9. The van der Waals surface area contributed by atoms with Crippen LogP contribution in [-0.4, -0.2) is 68.9 Å². The number of nitrogens with one attached hydrogen (secondary N) is 3. The van der Waals surface area contributed by atoms with Crippen molar-refractivity contribution in [3.63, 3.8) is 0 Å². The molecule has 15 heteroatoms. The number of aromatic nitrogens is 5. The molecule has 3 aromatic heterocycles. The quantitative estimate of drug-likeness (QED) is 0.237. The number of carbonyl (C=O) groups excluding carboxylic acids is 2. The van der Waals surface area contributed by atoms with Crippen LogP contribution in [0, 0.1) is 5.92 Å². The first-order chi connectivity index (χ1) is 21.6. The fourth-order valence-electron chi connectivity index (χ4n) is 5.11. The van der Waals surface area contributed by atoms with Gasteiger partial charge < -0.3 is 20.7 Å². The standard InChI is InChI=1S/C30H30F3N9O3/c1-34-29(44)26-23(11-25(39-40-26)38-28(43)17-9-10-17)37-22-7-4-6-21(27(22)45-2)18-12-35-42(13-18)20-15-41(16-20)14-19-5-3-8-24(36-19)30(31,32)33/h3-8,11-13,17,20H,9-10,14-16H2,1-2H3,(H,34,44)(H2,37,38,39,43). The van der Waals surface area contributed by atoms with Crippen LogP contribution in [-0.2, 0) is 17.5 Å². The molecule has 1 saturated heterocycles. The lowest BCUT2D eigenvalue weighted by Crippen LogP contribution is -2.47. The van der Waals surface area contributed by atoms with Crippen LogP contribution in [0.1, 0.15) is 40.8 Å². The van der Waals surface area contributed by atoms with Crippen molar-refractivity contribution in [2.75, 3.05) is 37.9 Å². The van der Waals surface area contributed by atoms with Gasteiger partial charge in [-0.2, -0.15) is 18.3 Å². The topological polar surface area (TPSA) is 139 Å². The number of carbonyl (C=O) groups is 2. The summed E-state index contributed by atoms with van der Waals surface area (Å²) < 4.78 is 46.7. The van der Waals surface area contributed by atoms with Gasteiger partial charge in [-0.15, -0.1) is 10.2 Å². The van der Waals surface area contributed by atoms with E-state index in [2.05, 4.69) is 36.2 Å². The number of pyridine rings is 1. The first-order valence-corrected chi connectivity index (χ1v) is 14.3. The van der Waals surface area contributed by atoms with Crippen molar-refractivity contribution in [1.82, 2.24) is 35.2 Å². The molecule has 0 bridgehead atoms. The summed E-state index contributed by atoms with van der Waals surface area (Å²) in [5.74, 6) is 0.0825. The Kier molecular flexibility index (Phi) is 8.10. The van der Waals surface area contributed by atoms with Crippen LogP contribution in [0.2, 0.25) is 0 Å². The van der Waals surface area contributed by atoms with Gasteiger partial charge >= 0.3 is 6.18 Å². The van der Waals surface area contributed by atoms with E-state index in [9.17, 15) is 22.8 Å². The van der Waals surface area contributed by atoms with Crippen LogP contribution in [0.5, 0.6) is 5.75 Å². The average molecular weight is 622 g/mol. The van der Waals surface area contributed by atoms with Crippen molar-refractivity contribution in [3.8, 4) is 16.9 Å². The molecule has 234 valence electrons. The molecule has 6 rings (SSSR count). The van der Waals surface area contributed by atoms with E-state index in [0.29, 0.717) is 42.5 Å². The monoisotopic (exact) mass is 621 g/mol. The predicted molar refractivity (Wildman–Crippen MR) is 158 cm³/mol. The molecule has 2 aliphatic rings. The van der Waals surface area contributed by atoms with E-state index in [0.717, 1.165) is 30.0 Å². The molecule has 0 atom stereocenters. The van der Waals surface area contributed by atoms with Gasteiger partial charge in [-0.1, -0.05) is 18.2 Å². The highest BCUT2D eigenvalue weighted by Crippen LogP contribution is 2.39. The number of amides is 2. The molecule has 0 unspecified atom stereocenters. The minimum absolute atomic E-state index is 0.0325. The minimum Gasteiger partial charge on any atom is -0.494 e. The first kappa shape index (κ1) is 30.0. The number of rotatable bonds is 10. The number of likely N-dealkylation sites (tertiary alicyclic amines) is 1. The number of halogens is 3. The summed E-state index contributed by atoms with van der Waals surface area (Å²) in [5, 5.41) is 21.1. The van der Waals surface area contributed by atoms with Gasteiger partial charge in [-0.25, -0.2) is 4.98 Å². The zero-order valence-electron chi connectivity index (χ0n) is 24.4. The SMILES string of the molecule is CNC(=O)c1nnc(NC(=O)C2CC2)cc1Nc1cccc(-c2cnn(C3CN(Cc4cccc(C(F)(F)F)n4)C3)c2)c1OC. The lowest BCUT2D eigenvalue weighted by molar-refractivity contribution is -0.141. The van der Waals surface area contributed by atoms with Gasteiger partial charge in [0.2, 0.25) is 5.91 Å². The van der Waals surface area contributed by atoms with Crippen LogP contribution in [0.25, 0.3) is 11.1 Å². The van der Waals surface area contributed by atoms with E-state index in [4.69, 9.17) is 4.74 Å². The van der Waals surface area contributed by atoms with Crippen molar-refractivity contribution in [2.24, 2.45) is 5.92 Å². The Morgan fingerprint density at radius 3 is 2.56 bits per heavy atom. The van der Waals surface area contributed by atoms with Gasteiger partial charge in [0, 0.05) is 56.0 Å².